The first kappa shape index (κ1) is 11.7. The number of aliphatic hydroxyl groups excluding tert-OH is 1. The van der Waals surface area contributed by atoms with Gasteiger partial charge in [0.05, 0.1) is 6.54 Å². The van der Waals surface area contributed by atoms with Gasteiger partial charge in [-0.2, -0.15) is 0 Å². The number of aliphatic hydroxyl groups is 1. The van der Waals surface area contributed by atoms with E-state index in [0.717, 1.165) is 26.1 Å². The van der Waals surface area contributed by atoms with Gasteiger partial charge >= 0.3 is 0 Å². The van der Waals surface area contributed by atoms with Crippen LogP contribution in [0.5, 0.6) is 0 Å². The van der Waals surface area contributed by atoms with Crippen LogP contribution in [0.3, 0.4) is 0 Å². The Bertz CT molecular complexity index is 481. The molecular formula is C14H18N2O2. The Kier molecular flexibility index (Phi) is 2.84. The van der Waals surface area contributed by atoms with Gasteiger partial charge < -0.3 is 14.9 Å². The van der Waals surface area contributed by atoms with Gasteiger partial charge in [0.2, 0.25) is 5.91 Å². The minimum absolute atomic E-state index is 0.164. The van der Waals surface area contributed by atoms with Crippen LogP contribution in [-0.2, 0) is 11.2 Å². The van der Waals surface area contributed by atoms with Crippen LogP contribution < -0.4 is 4.90 Å². The minimum atomic E-state index is -0.379. The number of nitrogens with zero attached hydrogens (tertiary/aromatic N) is 1. The highest BCUT2D eigenvalue weighted by atomic mass is 16.3. The number of likely N-dealkylation sites (tertiary alicyclic amines) is 1. The smallest absolute Gasteiger partial charge is 0.248 e. The lowest BCUT2D eigenvalue weighted by Gasteiger charge is -2.39. The lowest BCUT2D eigenvalue weighted by Crippen LogP contribution is -3.00. The second kappa shape index (κ2) is 4.37. The van der Waals surface area contributed by atoms with Gasteiger partial charge in [-0.3, -0.25) is 4.79 Å². The first-order valence-corrected chi connectivity index (χ1v) is 6.39. The fraction of sp³-hybridized carbons (Fsp3) is 0.429. The molecule has 1 saturated heterocycles. The van der Waals surface area contributed by atoms with E-state index >= 15 is 0 Å². The molecule has 2 aliphatic rings. The van der Waals surface area contributed by atoms with Crippen LogP contribution >= 0.6 is 0 Å². The summed E-state index contributed by atoms with van der Waals surface area (Å²) >= 11 is 0. The second-order valence-electron chi connectivity index (χ2n) is 5.13. The highest BCUT2D eigenvalue weighted by Crippen LogP contribution is 2.33. The van der Waals surface area contributed by atoms with E-state index in [2.05, 4.69) is 25.2 Å². The Balaban J connectivity index is 1.78. The molecule has 0 radical (unpaired) electrons. The van der Waals surface area contributed by atoms with Crippen molar-refractivity contribution in [1.82, 2.24) is 4.90 Å². The fourth-order valence-electron chi connectivity index (χ4n) is 2.99. The summed E-state index contributed by atoms with van der Waals surface area (Å²) in [5, 5.41) is 8.81. The topological polar surface area (TPSA) is 45.0 Å². The predicted molar refractivity (Wildman–Crippen MR) is 67.4 cm³/mol. The summed E-state index contributed by atoms with van der Waals surface area (Å²) in [6, 6.07) is 6.40. The summed E-state index contributed by atoms with van der Waals surface area (Å²) in [5.74, 6) is 0.268. The molecule has 1 amide bonds. The van der Waals surface area contributed by atoms with Gasteiger partial charge in [-0.1, -0.05) is 12.1 Å². The van der Waals surface area contributed by atoms with E-state index in [9.17, 15) is 4.79 Å². The molecular weight excluding hydrogens is 228 g/mol. The highest BCUT2D eigenvalue weighted by molar-refractivity contribution is 5.78. The van der Waals surface area contributed by atoms with Crippen LogP contribution in [0.2, 0.25) is 0 Å². The molecule has 4 nitrogen and oxygen atoms in total. The SMILES string of the molecule is [CH2-][NH+]1CCc2c(C3CN(C(=O)CO)C3)cccc21. The number of carbonyl (C=O) groups is 1. The Morgan fingerprint density at radius 2 is 2.28 bits per heavy atom. The van der Waals surface area contributed by atoms with E-state index in [1.807, 2.05) is 0 Å². The number of rotatable bonds is 2. The number of hydrogen-bond donors (Lipinski definition) is 2. The molecule has 1 aromatic rings. The summed E-state index contributed by atoms with van der Waals surface area (Å²) < 4.78 is 0. The van der Waals surface area contributed by atoms with Crippen molar-refractivity contribution in [2.24, 2.45) is 0 Å². The molecule has 4 heteroatoms. The molecule has 0 spiro atoms. The summed E-state index contributed by atoms with van der Waals surface area (Å²) in [4.78, 5) is 14.3. The first-order valence-electron chi connectivity index (χ1n) is 6.39. The maximum atomic E-state index is 11.3. The molecule has 2 N–H and O–H groups in total. The number of carbonyl (C=O) groups excluding carboxylic acids is 1. The van der Waals surface area contributed by atoms with E-state index in [-0.39, 0.29) is 12.5 Å². The van der Waals surface area contributed by atoms with Crippen molar-refractivity contribution < 1.29 is 14.8 Å². The fourth-order valence-corrected chi connectivity index (χ4v) is 2.99. The second-order valence-corrected chi connectivity index (χ2v) is 5.13. The third-order valence-corrected chi connectivity index (χ3v) is 4.08. The van der Waals surface area contributed by atoms with Crippen LogP contribution in [-0.4, -0.2) is 42.2 Å². The summed E-state index contributed by atoms with van der Waals surface area (Å²) in [5.41, 5.74) is 4.09. The average Bonchev–Trinajstić information content (AvgIpc) is 2.70. The van der Waals surface area contributed by atoms with Gasteiger partial charge in [0.15, 0.2) is 0 Å². The molecule has 96 valence electrons. The molecule has 1 unspecified atom stereocenters. The van der Waals surface area contributed by atoms with E-state index in [0.29, 0.717) is 5.92 Å². The minimum Gasteiger partial charge on any atom is -0.434 e. The summed E-state index contributed by atoms with van der Waals surface area (Å²) in [6.07, 6.45) is 1.08. The number of amides is 1. The van der Waals surface area contributed by atoms with E-state index in [4.69, 9.17) is 5.11 Å². The zero-order valence-corrected chi connectivity index (χ0v) is 10.4. The van der Waals surface area contributed by atoms with Crippen molar-refractivity contribution >= 4 is 11.6 Å². The number of quaternary nitrogens is 1. The molecule has 0 bridgehead atoms. The Hall–Kier alpha value is -1.39. The normalized spacial score (nSPS) is 22.8. The van der Waals surface area contributed by atoms with E-state index < -0.39 is 0 Å². The lowest BCUT2D eigenvalue weighted by atomic mass is 9.87. The quantitative estimate of drug-likeness (QED) is 0.689. The predicted octanol–water partition coefficient (Wildman–Crippen LogP) is -0.531. The molecule has 0 aromatic heterocycles. The van der Waals surface area contributed by atoms with Crippen LogP contribution in [0.4, 0.5) is 5.69 Å². The van der Waals surface area contributed by atoms with Gasteiger partial charge in [-0.05, 0) is 11.6 Å². The molecule has 0 aliphatic carbocycles. The number of hydrogen-bond acceptors (Lipinski definition) is 2. The average molecular weight is 246 g/mol. The van der Waals surface area contributed by atoms with Crippen LogP contribution in [0.1, 0.15) is 17.0 Å². The molecule has 1 aromatic carbocycles. The summed E-state index contributed by atoms with van der Waals surface area (Å²) in [6.45, 7) is 2.15. The Labute approximate surface area is 107 Å². The molecule has 2 aliphatic heterocycles. The zero-order chi connectivity index (χ0) is 12.7. The lowest BCUT2D eigenvalue weighted by molar-refractivity contribution is -0.775. The van der Waals surface area contributed by atoms with Gasteiger partial charge in [0.25, 0.3) is 0 Å². The molecule has 1 fully saturated rings. The Morgan fingerprint density at radius 1 is 1.50 bits per heavy atom. The van der Waals surface area contributed by atoms with Gasteiger partial charge in [-0.25, -0.2) is 0 Å². The maximum Gasteiger partial charge on any atom is 0.248 e. The van der Waals surface area contributed by atoms with Crippen molar-refractivity contribution in [3.8, 4) is 0 Å². The summed E-state index contributed by atoms with van der Waals surface area (Å²) in [7, 11) is 4.10. The maximum absolute atomic E-state index is 11.3. The Morgan fingerprint density at radius 3 is 3.00 bits per heavy atom. The molecule has 1 atom stereocenters. The van der Waals surface area contributed by atoms with Crippen LogP contribution in [0.15, 0.2) is 18.2 Å². The highest BCUT2D eigenvalue weighted by Gasteiger charge is 2.34. The number of fused-ring (bicyclic) bond motifs is 1. The molecule has 0 saturated carbocycles. The third-order valence-electron chi connectivity index (χ3n) is 4.08. The molecule has 18 heavy (non-hydrogen) atoms. The van der Waals surface area contributed by atoms with Crippen molar-refractivity contribution in [3.63, 3.8) is 0 Å². The zero-order valence-electron chi connectivity index (χ0n) is 10.4. The van der Waals surface area contributed by atoms with E-state index in [1.165, 1.54) is 21.7 Å². The largest absolute Gasteiger partial charge is 0.434 e. The van der Waals surface area contributed by atoms with Gasteiger partial charge in [-0.15, -0.1) is 7.05 Å². The van der Waals surface area contributed by atoms with Crippen LogP contribution in [0, 0.1) is 7.05 Å². The van der Waals surface area contributed by atoms with Crippen LogP contribution in [0.25, 0.3) is 0 Å². The van der Waals surface area contributed by atoms with Crippen molar-refractivity contribution in [2.75, 3.05) is 26.2 Å². The van der Waals surface area contributed by atoms with Crippen molar-refractivity contribution in [1.29, 1.82) is 0 Å². The third kappa shape index (κ3) is 1.72. The van der Waals surface area contributed by atoms with Gasteiger partial charge in [0, 0.05) is 31.0 Å². The van der Waals surface area contributed by atoms with Crippen molar-refractivity contribution in [3.05, 3.63) is 36.4 Å². The molecule has 2 heterocycles. The molecule has 3 rings (SSSR count). The number of benzene rings is 1. The standard InChI is InChI=1S/C14H18N2O2/c1-15-6-5-12-11(3-2-4-13(12)15)10-7-16(8-10)14(18)9-17/h2-4,10,15,17H,1,5-9H2. The monoisotopic (exact) mass is 246 g/mol. The van der Waals surface area contributed by atoms with Crippen molar-refractivity contribution in [2.45, 2.75) is 12.3 Å². The number of nitrogens with one attached hydrogen (secondary N) is 1. The first-order chi connectivity index (χ1) is 8.70. The van der Waals surface area contributed by atoms with E-state index in [1.54, 1.807) is 4.90 Å². The van der Waals surface area contributed by atoms with Gasteiger partial charge in [0.1, 0.15) is 12.3 Å².